The van der Waals surface area contributed by atoms with E-state index in [1.54, 1.807) is 13.3 Å². The molecule has 290 valence electrons. The van der Waals surface area contributed by atoms with Crippen LogP contribution >= 0.6 is 11.6 Å². The number of hydrogen-bond acceptors (Lipinski definition) is 9. The highest BCUT2D eigenvalue weighted by Crippen LogP contribution is 2.44. The quantitative estimate of drug-likeness (QED) is 0.0902. The van der Waals surface area contributed by atoms with E-state index in [4.69, 9.17) is 21.1 Å². The Morgan fingerprint density at radius 1 is 1.04 bits per heavy atom. The maximum Gasteiger partial charge on any atom is 0.419 e. The van der Waals surface area contributed by atoms with E-state index >= 15 is 0 Å². The molecule has 0 spiro atoms. The largest absolute Gasteiger partial charge is 0.496 e. The number of nitrogens with zero attached hydrogens (tertiary/aromatic N) is 2. The number of amides is 1. The number of nitrogens with one attached hydrogen (secondary N) is 4. The van der Waals surface area contributed by atoms with Crippen LogP contribution in [0.1, 0.15) is 72.4 Å². The number of carboxylic acids is 1. The number of aromatic nitrogens is 2. The maximum atomic E-state index is 14.6. The van der Waals surface area contributed by atoms with Crippen molar-refractivity contribution in [1.29, 1.82) is 0 Å². The first-order valence-electron chi connectivity index (χ1n) is 18.2. The number of pyridine rings is 2. The van der Waals surface area contributed by atoms with Crippen LogP contribution in [0, 0.1) is 0 Å². The summed E-state index contributed by atoms with van der Waals surface area (Å²) in [5.74, 6) is -0.692. The van der Waals surface area contributed by atoms with E-state index in [9.17, 15) is 27.9 Å². The molecule has 15 heteroatoms. The van der Waals surface area contributed by atoms with E-state index in [1.807, 2.05) is 42.5 Å². The molecular formula is C40H42ClF3N6O5. The zero-order valence-corrected chi connectivity index (χ0v) is 31.2. The molecule has 2 aromatic carbocycles. The average molecular weight is 779 g/mol. The van der Waals surface area contributed by atoms with Gasteiger partial charge in [0.25, 0.3) is 0 Å². The minimum atomic E-state index is -4.74. The van der Waals surface area contributed by atoms with Crippen LogP contribution in [-0.2, 0) is 35.3 Å². The van der Waals surface area contributed by atoms with Gasteiger partial charge in [0.2, 0.25) is 11.8 Å². The summed E-state index contributed by atoms with van der Waals surface area (Å²) in [7, 11) is 2.93. The predicted molar refractivity (Wildman–Crippen MR) is 201 cm³/mol. The Morgan fingerprint density at radius 3 is 2.55 bits per heavy atom. The number of methoxy groups -OCH3 is 2. The number of carboxylic acid groups (broad SMARTS) is 1. The first kappa shape index (κ1) is 38.4. The summed E-state index contributed by atoms with van der Waals surface area (Å²) < 4.78 is 54.8. The lowest BCUT2D eigenvalue weighted by Crippen LogP contribution is -2.38. The molecule has 1 saturated carbocycles. The van der Waals surface area contributed by atoms with Crippen molar-refractivity contribution in [1.82, 2.24) is 25.9 Å². The van der Waals surface area contributed by atoms with Gasteiger partial charge in [0, 0.05) is 60.5 Å². The molecule has 3 heterocycles. The smallest absolute Gasteiger partial charge is 0.419 e. The predicted octanol–water partition coefficient (Wildman–Crippen LogP) is 7.06. The van der Waals surface area contributed by atoms with Crippen LogP contribution in [0.25, 0.3) is 22.4 Å². The third-order valence-corrected chi connectivity index (χ3v) is 11.1. The van der Waals surface area contributed by atoms with Gasteiger partial charge in [0.15, 0.2) is 0 Å². The number of aliphatic carboxylic acids is 1. The number of alkyl halides is 3. The second kappa shape index (κ2) is 15.7. The number of hydrogen-bond donors (Lipinski definition) is 5. The zero-order valence-electron chi connectivity index (χ0n) is 30.4. The molecule has 4 aromatic rings. The Hall–Kier alpha value is -4.92. The van der Waals surface area contributed by atoms with Gasteiger partial charge in [-0.1, -0.05) is 41.9 Å². The fourth-order valence-corrected chi connectivity index (χ4v) is 7.86. The number of fused-ring (bicyclic) bond motifs is 1. The normalized spacial score (nSPS) is 18.7. The van der Waals surface area contributed by atoms with E-state index in [1.165, 1.54) is 7.11 Å². The third-order valence-electron chi connectivity index (χ3n) is 10.7. The molecule has 5 N–H and O–H groups in total. The molecule has 2 atom stereocenters. The minimum Gasteiger partial charge on any atom is -0.496 e. The molecule has 0 radical (unpaired) electrons. The number of carbonyl (C=O) groups excluding carboxylic acids is 1. The van der Waals surface area contributed by atoms with Gasteiger partial charge in [-0.2, -0.15) is 18.2 Å². The van der Waals surface area contributed by atoms with Gasteiger partial charge in [-0.25, -0.2) is 0 Å². The number of benzene rings is 2. The monoisotopic (exact) mass is 778 g/mol. The highest BCUT2D eigenvalue weighted by Gasteiger charge is 2.50. The topological polar surface area (TPSA) is 147 Å². The van der Waals surface area contributed by atoms with Crippen LogP contribution < -0.4 is 30.7 Å². The average Bonchev–Trinajstić information content (AvgIpc) is 3.86. The summed E-state index contributed by atoms with van der Waals surface area (Å²) in [5, 5.41) is 22.3. The molecule has 2 aliphatic carbocycles. The number of halogens is 4. The van der Waals surface area contributed by atoms with E-state index in [-0.39, 0.29) is 35.8 Å². The van der Waals surface area contributed by atoms with Crippen molar-refractivity contribution >= 4 is 29.3 Å². The second-order valence-electron chi connectivity index (χ2n) is 14.2. The summed E-state index contributed by atoms with van der Waals surface area (Å²) in [4.78, 5) is 32.1. The van der Waals surface area contributed by atoms with Gasteiger partial charge in [-0.05, 0) is 73.4 Å². The Balaban J connectivity index is 1.15. The van der Waals surface area contributed by atoms with E-state index < -0.39 is 29.3 Å². The Kier molecular flexibility index (Phi) is 10.9. The van der Waals surface area contributed by atoms with Crippen molar-refractivity contribution in [2.75, 3.05) is 26.1 Å². The number of rotatable bonds is 14. The van der Waals surface area contributed by atoms with Crippen LogP contribution in [-0.4, -0.2) is 59.3 Å². The Bertz CT molecular complexity index is 2110. The summed E-state index contributed by atoms with van der Waals surface area (Å²) in [6, 6.07) is 14.0. The lowest BCUT2D eigenvalue weighted by Gasteiger charge is -2.30. The molecule has 2 fully saturated rings. The van der Waals surface area contributed by atoms with Gasteiger partial charge >= 0.3 is 12.1 Å². The molecule has 1 saturated heterocycles. The zero-order chi connectivity index (χ0) is 38.9. The first-order chi connectivity index (χ1) is 26.4. The third kappa shape index (κ3) is 8.07. The minimum absolute atomic E-state index is 0.0231. The standard InChI is InChI=1S/C40H42ClF3N6O5/c1-54-32-18-22(9-10-23(32)19-45-21-25-11-12-33(51)48-25)35-34(41)29(13-16-46-35)27-5-3-7-28-26(27)6-4-8-31(28)49-36-30(40(42,43)44)17-24(37(50-36)55-2)20-47-39(14-15-39)38(52)53/h3,5,7,9-10,13,16-18,25,31,45,47H,4,6,8,11-12,14-15,19-21H2,1-2H3,(H,48,51)(H,49,50)(H,52,53)/t25-,31+/m1/s1. The van der Waals surface area contributed by atoms with Crippen molar-refractivity contribution < 1.29 is 37.3 Å². The summed E-state index contributed by atoms with van der Waals surface area (Å²) in [5.41, 5.74) is 3.67. The van der Waals surface area contributed by atoms with Crippen molar-refractivity contribution in [2.45, 2.75) is 81.8 Å². The van der Waals surface area contributed by atoms with Crippen molar-refractivity contribution in [2.24, 2.45) is 0 Å². The fraction of sp³-hybridized carbons (Fsp3) is 0.400. The fourth-order valence-electron chi connectivity index (χ4n) is 7.54. The van der Waals surface area contributed by atoms with Crippen molar-refractivity contribution in [3.05, 3.63) is 87.6 Å². The van der Waals surface area contributed by atoms with E-state index in [2.05, 4.69) is 31.2 Å². The first-order valence-corrected chi connectivity index (χ1v) is 18.6. The molecule has 0 unspecified atom stereocenters. The summed E-state index contributed by atoms with van der Waals surface area (Å²) >= 11 is 7.13. The van der Waals surface area contributed by atoms with Gasteiger partial charge in [-0.15, -0.1) is 0 Å². The lowest BCUT2D eigenvalue weighted by atomic mass is 9.83. The molecule has 7 rings (SSSR count). The lowest BCUT2D eigenvalue weighted by molar-refractivity contribution is -0.141. The number of anilines is 1. The van der Waals surface area contributed by atoms with Crippen LogP contribution in [0.4, 0.5) is 19.0 Å². The number of ether oxygens (including phenoxy) is 2. The van der Waals surface area contributed by atoms with Crippen LogP contribution in [0.5, 0.6) is 11.6 Å². The highest BCUT2D eigenvalue weighted by molar-refractivity contribution is 6.35. The maximum absolute atomic E-state index is 14.6. The van der Waals surface area contributed by atoms with Crippen LogP contribution in [0.2, 0.25) is 5.02 Å². The SMILES string of the molecule is COc1cc(-c2nccc(-c3cccc4c3CCC[C@@H]4Nc3nc(OC)c(CNC4(C(=O)O)CC4)cc3C(F)(F)F)c2Cl)ccc1CNC[C@H]1CCC(=O)N1. The van der Waals surface area contributed by atoms with Gasteiger partial charge in [-0.3, -0.25) is 19.9 Å². The van der Waals surface area contributed by atoms with Crippen molar-refractivity contribution in [3.63, 3.8) is 0 Å². The molecule has 1 amide bonds. The highest BCUT2D eigenvalue weighted by atomic mass is 35.5. The summed E-state index contributed by atoms with van der Waals surface area (Å²) in [6.07, 6.45) is 1.04. The summed E-state index contributed by atoms with van der Waals surface area (Å²) in [6.45, 7) is 1.05. The molecular weight excluding hydrogens is 737 g/mol. The van der Waals surface area contributed by atoms with Gasteiger partial charge in [0.1, 0.15) is 17.1 Å². The van der Waals surface area contributed by atoms with E-state index in [0.717, 1.165) is 45.9 Å². The molecule has 2 aromatic heterocycles. The van der Waals surface area contributed by atoms with E-state index in [0.29, 0.717) is 68.1 Å². The molecule has 3 aliphatic rings. The van der Waals surface area contributed by atoms with Crippen molar-refractivity contribution in [3.8, 4) is 34.0 Å². The van der Waals surface area contributed by atoms with Gasteiger partial charge < -0.3 is 30.5 Å². The Morgan fingerprint density at radius 2 is 1.85 bits per heavy atom. The van der Waals surface area contributed by atoms with Crippen LogP contribution in [0.15, 0.2) is 54.7 Å². The molecule has 0 bridgehead atoms. The number of carbonyl (C=O) groups is 2. The second-order valence-corrected chi connectivity index (χ2v) is 14.6. The Labute approximate surface area is 321 Å². The van der Waals surface area contributed by atoms with Gasteiger partial charge in [0.05, 0.1) is 36.5 Å². The molecule has 55 heavy (non-hydrogen) atoms. The van der Waals surface area contributed by atoms with Crippen LogP contribution in [0.3, 0.4) is 0 Å². The molecule has 11 nitrogen and oxygen atoms in total. The molecule has 1 aliphatic heterocycles.